The van der Waals surface area contributed by atoms with Crippen molar-refractivity contribution in [2.75, 3.05) is 21.3 Å². The number of fused-ring (bicyclic) bond motifs is 1. The Hall–Kier alpha value is -3.06. The lowest BCUT2D eigenvalue weighted by atomic mass is 10.1. The van der Waals surface area contributed by atoms with E-state index in [0.29, 0.717) is 22.8 Å². The second-order valence-corrected chi connectivity index (χ2v) is 6.69. The Morgan fingerprint density at radius 1 is 0.964 bits per heavy atom. The number of carbonyl (C=O) groups is 1. The van der Waals surface area contributed by atoms with Gasteiger partial charge < -0.3 is 14.2 Å². The number of amides is 1. The zero-order chi connectivity index (χ0) is 20.1. The van der Waals surface area contributed by atoms with Crippen LogP contribution < -0.4 is 19.6 Å². The molecule has 0 saturated carbocycles. The number of methoxy groups -OCH3 is 3. The lowest BCUT2D eigenvalue weighted by Crippen LogP contribution is -2.18. The third-order valence-electron chi connectivity index (χ3n) is 4.15. The molecule has 6 nitrogen and oxygen atoms in total. The summed E-state index contributed by atoms with van der Waals surface area (Å²) in [5.41, 5.74) is 3.68. The van der Waals surface area contributed by atoms with Crippen molar-refractivity contribution in [2.24, 2.45) is 5.10 Å². The van der Waals surface area contributed by atoms with E-state index in [1.54, 1.807) is 26.4 Å². The molecule has 0 radical (unpaired) electrons. The van der Waals surface area contributed by atoms with E-state index in [0.717, 1.165) is 20.8 Å². The maximum atomic E-state index is 12.6. The van der Waals surface area contributed by atoms with Crippen LogP contribution in [0.5, 0.6) is 17.2 Å². The fourth-order valence-corrected chi connectivity index (χ4v) is 3.43. The molecule has 28 heavy (non-hydrogen) atoms. The average Bonchev–Trinajstić information content (AvgIpc) is 2.72. The van der Waals surface area contributed by atoms with Crippen molar-refractivity contribution >= 4 is 38.8 Å². The number of halogens is 1. The first-order valence-electron chi connectivity index (χ1n) is 8.39. The molecule has 0 aromatic heterocycles. The van der Waals surface area contributed by atoms with Crippen LogP contribution in [0.2, 0.25) is 0 Å². The van der Waals surface area contributed by atoms with Gasteiger partial charge in [-0.05, 0) is 56.5 Å². The number of hydrogen-bond donors (Lipinski definition) is 1. The monoisotopic (exact) mass is 442 g/mol. The molecule has 3 aromatic carbocycles. The molecule has 3 aromatic rings. The van der Waals surface area contributed by atoms with Gasteiger partial charge >= 0.3 is 0 Å². The minimum Gasteiger partial charge on any atom is -0.496 e. The number of benzene rings is 3. The predicted octanol–water partition coefficient (Wildman–Crippen LogP) is 4.39. The average molecular weight is 443 g/mol. The van der Waals surface area contributed by atoms with Gasteiger partial charge in [-0.3, -0.25) is 4.79 Å². The number of nitrogens with one attached hydrogen (secondary N) is 1. The second kappa shape index (κ2) is 8.75. The molecule has 0 fully saturated rings. The Bertz CT molecular complexity index is 1050. The van der Waals surface area contributed by atoms with Crippen LogP contribution in [0.25, 0.3) is 10.8 Å². The Kier molecular flexibility index (Phi) is 6.16. The number of nitrogens with zero attached hydrogens (tertiary/aromatic N) is 1. The van der Waals surface area contributed by atoms with E-state index in [4.69, 9.17) is 14.2 Å². The maximum absolute atomic E-state index is 12.6. The third kappa shape index (κ3) is 4.09. The SMILES string of the molecule is COc1cc2ccccc2cc1C(=O)N/N=C/c1cc(Br)c(OC)c(OC)c1. The summed E-state index contributed by atoms with van der Waals surface area (Å²) in [6.07, 6.45) is 1.53. The van der Waals surface area contributed by atoms with Crippen molar-refractivity contribution in [1.82, 2.24) is 5.43 Å². The highest BCUT2D eigenvalue weighted by atomic mass is 79.9. The van der Waals surface area contributed by atoms with Crippen LogP contribution in [0.15, 0.2) is 58.1 Å². The normalized spacial score (nSPS) is 10.9. The van der Waals surface area contributed by atoms with Gasteiger partial charge in [0, 0.05) is 0 Å². The van der Waals surface area contributed by atoms with Gasteiger partial charge in [0.25, 0.3) is 5.91 Å². The molecule has 0 unspecified atom stereocenters. The molecule has 0 aliphatic heterocycles. The van der Waals surface area contributed by atoms with E-state index >= 15 is 0 Å². The van der Waals surface area contributed by atoms with Crippen LogP contribution in [0.4, 0.5) is 0 Å². The van der Waals surface area contributed by atoms with Crippen molar-refractivity contribution in [3.8, 4) is 17.2 Å². The van der Waals surface area contributed by atoms with E-state index in [1.165, 1.54) is 13.3 Å². The molecular formula is C21H19BrN2O4. The van der Waals surface area contributed by atoms with Gasteiger partial charge in [-0.2, -0.15) is 5.10 Å². The van der Waals surface area contributed by atoms with Crippen LogP contribution in [0.1, 0.15) is 15.9 Å². The van der Waals surface area contributed by atoms with Crippen LogP contribution in [-0.2, 0) is 0 Å². The zero-order valence-electron chi connectivity index (χ0n) is 15.7. The number of ether oxygens (including phenoxy) is 3. The number of rotatable bonds is 6. The molecule has 0 aliphatic rings. The summed E-state index contributed by atoms with van der Waals surface area (Å²) in [6.45, 7) is 0. The van der Waals surface area contributed by atoms with Crippen LogP contribution in [-0.4, -0.2) is 33.5 Å². The molecule has 144 valence electrons. The van der Waals surface area contributed by atoms with Gasteiger partial charge in [0.1, 0.15) is 5.75 Å². The molecule has 3 rings (SSSR count). The highest BCUT2D eigenvalue weighted by Gasteiger charge is 2.13. The smallest absolute Gasteiger partial charge is 0.275 e. The van der Waals surface area contributed by atoms with E-state index in [-0.39, 0.29) is 5.91 Å². The summed E-state index contributed by atoms with van der Waals surface area (Å²) in [4.78, 5) is 12.6. The summed E-state index contributed by atoms with van der Waals surface area (Å²) in [7, 11) is 4.65. The summed E-state index contributed by atoms with van der Waals surface area (Å²) < 4.78 is 16.7. The van der Waals surface area contributed by atoms with Crippen LogP contribution in [0, 0.1) is 0 Å². The number of hydrazone groups is 1. The fourth-order valence-electron chi connectivity index (χ4n) is 2.80. The molecule has 0 heterocycles. The third-order valence-corrected chi connectivity index (χ3v) is 4.74. The molecule has 0 spiro atoms. The van der Waals surface area contributed by atoms with E-state index in [1.807, 2.05) is 36.4 Å². The van der Waals surface area contributed by atoms with Gasteiger partial charge in [0.05, 0.1) is 37.6 Å². The summed E-state index contributed by atoms with van der Waals surface area (Å²) in [5, 5.41) is 5.99. The largest absolute Gasteiger partial charge is 0.496 e. The van der Waals surface area contributed by atoms with Gasteiger partial charge in [0.2, 0.25) is 0 Å². The predicted molar refractivity (Wildman–Crippen MR) is 113 cm³/mol. The lowest BCUT2D eigenvalue weighted by molar-refractivity contribution is 0.0952. The number of hydrogen-bond acceptors (Lipinski definition) is 5. The Labute approximate surface area is 171 Å². The molecule has 1 amide bonds. The van der Waals surface area contributed by atoms with Gasteiger partial charge in [0.15, 0.2) is 11.5 Å². The molecule has 0 saturated heterocycles. The van der Waals surface area contributed by atoms with Crippen molar-refractivity contribution in [3.63, 3.8) is 0 Å². The molecule has 7 heteroatoms. The minimum atomic E-state index is -0.363. The molecule has 1 N–H and O–H groups in total. The first-order valence-corrected chi connectivity index (χ1v) is 9.18. The highest BCUT2D eigenvalue weighted by molar-refractivity contribution is 9.10. The number of carbonyl (C=O) groups excluding carboxylic acids is 1. The molecule has 0 bridgehead atoms. The standard InChI is InChI=1S/C21H19BrN2O4/c1-26-18-11-15-7-5-4-6-14(15)10-16(18)21(25)24-23-12-13-8-17(22)20(28-3)19(9-13)27-2/h4-12H,1-3H3,(H,24,25)/b23-12+. The zero-order valence-corrected chi connectivity index (χ0v) is 17.2. The maximum Gasteiger partial charge on any atom is 0.275 e. The molecule has 0 atom stereocenters. The van der Waals surface area contributed by atoms with Crippen molar-refractivity contribution in [1.29, 1.82) is 0 Å². The lowest BCUT2D eigenvalue weighted by Gasteiger charge is -2.10. The van der Waals surface area contributed by atoms with Crippen LogP contribution >= 0.6 is 15.9 Å². The fraction of sp³-hybridized carbons (Fsp3) is 0.143. The summed E-state index contributed by atoms with van der Waals surface area (Å²) >= 11 is 3.43. The highest BCUT2D eigenvalue weighted by Crippen LogP contribution is 2.35. The first kappa shape index (κ1) is 19.7. The van der Waals surface area contributed by atoms with Gasteiger partial charge in [-0.15, -0.1) is 0 Å². The Balaban J connectivity index is 1.82. The van der Waals surface area contributed by atoms with E-state index in [2.05, 4.69) is 26.5 Å². The van der Waals surface area contributed by atoms with Crippen molar-refractivity contribution in [2.45, 2.75) is 0 Å². The summed E-state index contributed by atoms with van der Waals surface area (Å²) in [6, 6.07) is 15.0. The minimum absolute atomic E-state index is 0.363. The van der Waals surface area contributed by atoms with Crippen molar-refractivity contribution < 1.29 is 19.0 Å². The van der Waals surface area contributed by atoms with Gasteiger partial charge in [-0.25, -0.2) is 5.43 Å². The quantitative estimate of drug-likeness (QED) is 0.453. The topological polar surface area (TPSA) is 69.2 Å². The first-order chi connectivity index (χ1) is 13.6. The van der Waals surface area contributed by atoms with Crippen molar-refractivity contribution in [3.05, 3.63) is 64.1 Å². The Morgan fingerprint density at radius 2 is 1.64 bits per heavy atom. The molecule has 0 aliphatic carbocycles. The van der Waals surface area contributed by atoms with Crippen LogP contribution in [0.3, 0.4) is 0 Å². The second-order valence-electron chi connectivity index (χ2n) is 5.84. The Morgan fingerprint density at radius 3 is 2.29 bits per heavy atom. The van der Waals surface area contributed by atoms with Gasteiger partial charge in [-0.1, -0.05) is 24.3 Å². The van der Waals surface area contributed by atoms with E-state index in [9.17, 15) is 4.79 Å². The molecular weight excluding hydrogens is 424 g/mol. The summed E-state index contributed by atoms with van der Waals surface area (Å²) in [5.74, 6) is 1.27. The van der Waals surface area contributed by atoms with E-state index < -0.39 is 0 Å².